The van der Waals surface area contributed by atoms with Gasteiger partial charge in [-0.15, -0.1) is 0 Å². The van der Waals surface area contributed by atoms with E-state index in [-0.39, 0.29) is 28.9 Å². The number of amides is 1. The maximum Gasteiger partial charge on any atom is 0.251 e. The highest BCUT2D eigenvalue weighted by molar-refractivity contribution is 7.89. The van der Waals surface area contributed by atoms with Crippen LogP contribution >= 0.6 is 0 Å². The summed E-state index contributed by atoms with van der Waals surface area (Å²) in [5.74, 6) is 0.206. The van der Waals surface area contributed by atoms with Crippen LogP contribution in [0.15, 0.2) is 47.5 Å². The fourth-order valence-electron chi connectivity index (χ4n) is 3.09. The number of aromatic nitrogens is 1. The molecule has 1 amide bonds. The van der Waals surface area contributed by atoms with Gasteiger partial charge < -0.3 is 15.2 Å². The number of methoxy groups -OCH3 is 1. The van der Waals surface area contributed by atoms with E-state index < -0.39 is 10.0 Å². The summed E-state index contributed by atoms with van der Waals surface area (Å²) in [6, 6.07) is 8.62. The average Bonchev–Trinajstić information content (AvgIpc) is 2.63. The van der Waals surface area contributed by atoms with E-state index in [4.69, 9.17) is 9.88 Å². The second kappa shape index (κ2) is 7.63. The van der Waals surface area contributed by atoms with Gasteiger partial charge in [-0.2, -0.15) is 0 Å². The number of hydrogen-bond acceptors (Lipinski definition) is 6. The van der Waals surface area contributed by atoms with Crippen molar-refractivity contribution in [2.75, 3.05) is 7.11 Å². The van der Waals surface area contributed by atoms with Gasteiger partial charge in [0.05, 0.1) is 24.2 Å². The van der Waals surface area contributed by atoms with Crippen molar-refractivity contribution in [3.8, 4) is 5.88 Å². The van der Waals surface area contributed by atoms with Crippen LogP contribution in [0.4, 0.5) is 0 Å². The molecular weight excluding hydrogens is 370 g/mol. The third-order valence-electron chi connectivity index (χ3n) is 4.68. The lowest BCUT2D eigenvalue weighted by molar-refractivity contribution is 0.0234. The molecule has 3 rings (SSSR count). The number of nitrogens with one attached hydrogen (secondary N) is 1. The number of sulfonamides is 1. The standard InChI is InChI=1S/C18H21N3O5S/c1-26-16-7-4-12(10-20-16)17(13-8-14(22)9-13)21-18(23)11-2-5-15(6-3-11)27(19,24)25/h2-7,10,13-14,17,22H,8-9H2,1H3,(H,21,23)(H2,19,24,25)/t13?,14?,17-/m0/s1. The molecule has 0 radical (unpaired) electrons. The first-order valence-electron chi connectivity index (χ1n) is 8.39. The summed E-state index contributed by atoms with van der Waals surface area (Å²) in [5.41, 5.74) is 1.12. The molecule has 27 heavy (non-hydrogen) atoms. The molecule has 0 aliphatic heterocycles. The number of benzene rings is 1. The summed E-state index contributed by atoms with van der Waals surface area (Å²) in [7, 11) is -2.29. The summed E-state index contributed by atoms with van der Waals surface area (Å²) in [5, 5.41) is 17.7. The quantitative estimate of drug-likeness (QED) is 0.673. The van der Waals surface area contributed by atoms with E-state index >= 15 is 0 Å². The highest BCUT2D eigenvalue weighted by Crippen LogP contribution is 2.38. The number of carbonyl (C=O) groups is 1. The van der Waals surface area contributed by atoms with Gasteiger partial charge in [-0.3, -0.25) is 4.79 Å². The van der Waals surface area contributed by atoms with Gasteiger partial charge >= 0.3 is 0 Å². The summed E-state index contributed by atoms with van der Waals surface area (Å²) in [6.07, 6.45) is 2.44. The molecule has 1 fully saturated rings. The number of aliphatic hydroxyl groups is 1. The maximum absolute atomic E-state index is 12.6. The lowest BCUT2D eigenvalue weighted by Gasteiger charge is -2.38. The third kappa shape index (κ3) is 4.44. The predicted molar refractivity (Wildman–Crippen MR) is 97.5 cm³/mol. The Kier molecular flexibility index (Phi) is 5.45. The van der Waals surface area contributed by atoms with Crippen molar-refractivity contribution in [2.24, 2.45) is 11.1 Å². The van der Waals surface area contributed by atoms with E-state index in [0.717, 1.165) is 5.56 Å². The van der Waals surface area contributed by atoms with Crippen molar-refractivity contribution in [1.29, 1.82) is 0 Å². The van der Waals surface area contributed by atoms with Crippen LogP contribution in [0.1, 0.15) is 34.8 Å². The first-order chi connectivity index (χ1) is 12.8. The molecule has 0 bridgehead atoms. The van der Waals surface area contributed by atoms with Crippen LogP contribution in [0, 0.1) is 5.92 Å². The molecule has 4 N–H and O–H groups in total. The number of aliphatic hydroxyl groups excluding tert-OH is 1. The Morgan fingerprint density at radius 1 is 1.26 bits per heavy atom. The van der Waals surface area contributed by atoms with Gasteiger partial charge in [0.25, 0.3) is 5.91 Å². The fourth-order valence-corrected chi connectivity index (χ4v) is 3.61. The number of hydrogen-bond donors (Lipinski definition) is 3. The van der Waals surface area contributed by atoms with Gasteiger partial charge in [-0.1, -0.05) is 6.07 Å². The summed E-state index contributed by atoms with van der Waals surface area (Å²) < 4.78 is 27.7. The molecule has 1 aromatic heterocycles. The van der Waals surface area contributed by atoms with Gasteiger partial charge in [0.2, 0.25) is 15.9 Å². The second-order valence-corrected chi connectivity index (χ2v) is 8.10. The zero-order chi connectivity index (χ0) is 19.6. The van der Waals surface area contributed by atoms with Crippen molar-refractivity contribution >= 4 is 15.9 Å². The van der Waals surface area contributed by atoms with Gasteiger partial charge in [0.1, 0.15) is 0 Å². The minimum atomic E-state index is -3.81. The molecule has 1 aliphatic carbocycles. The van der Waals surface area contributed by atoms with E-state index in [9.17, 15) is 18.3 Å². The SMILES string of the molecule is COc1ccc([C@H](NC(=O)c2ccc(S(N)(=O)=O)cc2)C2CC(O)C2)cn1. The van der Waals surface area contributed by atoms with Crippen LogP contribution < -0.4 is 15.2 Å². The number of carbonyl (C=O) groups excluding carboxylic acids is 1. The molecule has 2 aromatic rings. The summed E-state index contributed by atoms with van der Waals surface area (Å²) in [6.45, 7) is 0. The molecule has 0 spiro atoms. The number of nitrogens with two attached hydrogens (primary N) is 1. The molecule has 9 heteroatoms. The van der Waals surface area contributed by atoms with Gasteiger partial charge in [0, 0.05) is 17.8 Å². The summed E-state index contributed by atoms with van der Waals surface area (Å²) in [4.78, 5) is 16.8. The Morgan fingerprint density at radius 3 is 2.41 bits per heavy atom. The van der Waals surface area contributed by atoms with E-state index in [1.54, 1.807) is 12.3 Å². The van der Waals surface area contributed by atoms with E-state index in [1.807, 2.05) is 6.07 Å². The minimum absolute atomic E-state index is 0.0583. The zero-order valence-electron chi connectivity index (χ0n) is 14.7. The molecule has 0 unspecified atom stereocenters. The number of primary sulfonamides is 1. The second-order valence-electron chi connectivity index (χ2n) is 6.54. The average molecular weight is 391 g/mol. The lowest BCUT2D eigenvalue weighted by Crippen LogP contribution is -2.41. The molecule has 1 atom stereocenters. The molecule has 1 aromatic carbocycles. The number of rotatable bonds is 6. The van der Waals surface area contributed by atoms with E-state index in [0.29, 0.717) is 24.3 Å². The van der Waals surface area contributed by atoms with Crippen LogP contribution in [-0.2, 0) is 10.0 Å². The van der Waals surface area contributed by atoms with Crippen LogP contribution in [0.5, 0.6) is 5.88 Å². The smallest absolute Gasteiger partial charge is 0.251 e. The number of ether oxygens (including phenoxy) is 1. The lowest BCUT2D eigenvalue weighted by atomic mass is 9.75. The molecule has 144 valence electrons. The Labute approximate surface area is 157 Å². The Morgan fingerprint density at radius 2 is 1.93 bits per heavy atom. The monoisotopic (exact) mass is 391 g/mol. The molecule has 1 saturated carbocycles. The highest BCUT2D eigenvalue weighted by Gasteiger charge is 2.36. The van der Waals surface area contributed by atoms with Crippen LogP contribution in [-0.4, -0.2) is 37.6 Å². The van der Waals surface area contributed by atoms with Crippen molar-refractivity contribution in [2.45, 2.75) is 29.9 Å². The van der Waals surface area contributed by atoms with Crippen molar-refractivity contribution in [3.63, 3.8) is 0 Å². The minimum Gasteiger partial charge on any atom is -0.481 e. The number of pyridine rings is 1. The summed E-state index contributed by atoms with van der Waals surface area (Å²) >= 11 is 0. The highest BCUT2D eigenvalue weighted by atomic mass is 32.2. The molecule has 8 nitrogen and oxygen atoms in total. The predicted octanol–water partition coefficient (Wildman–Crippen LogP) is 0.980. The first kappa shape index (κ1) is 19.3. The van der Waals surface area contributed by atoms with Crippen molar-refractivity contribution < 1.29 is 23.1 Å². The van der Waals surface area contributed by atoms with Crippen LogP contribution in [0.3, 0.4) is 0 Å². The van der Waals surface area contributed by atoms with Crippen molar-refractivity contribution in [1.82, 2.24) is 10.3 Å². The van der Waals surface area contributed by atoms with E-state index in [2.05, 4.69) is 10.3 Å². The number of nitrogens with zero attached hydrogens (tertiary/aromatic N) is 1. The Balaban J connectivity index is 1.79. The largest absolute Gasteiger partial charge is 0.481 e. The zero-order valence-corrected chi connectivity index (χ0v) is 15.5. The van der Waals surface area contributed by atoms with Crippen LogP contribution in [0.25, 0.3) is 0 Å². The molecule has 0 saturated heterocycles. The normalized spacial score (nSPS) is 20.4. The van der Waals surface area contributed by atoms with Crippen LogP contribution in [0.2, 0.25) is 0 Å². The van der Waals surface area contributed by atoms with Gasteiger partial charge in [-0.05, 0) is 48.6 Å². The molecule has 1 aliphatic rings. The van der Waals surface area contributed by atoms with Gasteiger partial charge in [0.15, 0.2) is 0 Å². The fraction of sp³-hybridized carbons (Fsp3) is 0.333. The maximum atomic E-state index is 12.6. The van der Waals surface area contributed by atoms with Crippen molar-refractivity contribution in [3.05, 3.63) is 53.7 Å². The molecule has 1 heterocycles. The molecular formula is C18H21N3O5S. The Hall–Kier alpha value is -2.49. The van der Waals surface area contributed by atoms with E-state index in [1.165, 1.54) is 31.4 Å². The Bertz CT molecular complexity index is 907. The topological polar surface area (TPSA) is 132 Å². The van der Waals surface area contributed by atoms with Gasteiger partial charge in [-0.25, -0.2) is 18.5 Å². The third-order valence-corrected chi connectivity index (χ3v) is 5.61. The first-order valence-corrected chi connectivity index (χ1v) is 9.94.